The molecule has 3 heterocycles. The van der Waals surface area contributed by atoms with Crippen LogP contribution < -0.4 is 26.0 Å². The van der Waals surface area contributed by atoms with Gasteiger partial charge in [0.1, 0.15) is 17.4 Å². The summed E-state index contributed by atoms with van der Waals surface area (Å²) in [6.07, 6.45) is 7.39. The minimum absolute atomic E-state index is 0.134. The first-order valence-corrected chi connectivity index (χ1v) is 16.6. The molecule has 0 bridgehead atoms. The lowest BCUT2D eigenvalue weighted by molar-refractivity contribution is -0.114. The molecule has 242 valence electrons. The molecular weight excluding hydrogens is 554 g/mol. The summed E-state index contributed by atoms with van der Waals surface area (Å²) in [7, 11) is 3.93. The molecule has 1 amide bonds. The van der Waals surface area contributed by atoms with Crippen molar-refractivity contribution in [1.82, 2.24) is 15.1 Å². The van der Waals surface area contributed by atoms with E-state index in [1.54, 1.807) is 7.11 Å². The zero-order valence-corrected chi connectivity index (χ0v) is 27.2. The first-order chi connectivity index (χ1) is 21.2. The van der Waals surface area contributed by atoms with Crippen LogP contribution in [0.4, 0.5) is 11.4 Å². The lowest BCUT2D eigenvalue weighted by Crippen LogP contribution is -2.52. The van der Waals surface area contributed by atoms with Crippen molar-refractivity contribution < 1.29 is 14.6 Å². The smallest absolute Gasteiger partial charge is 0.248 e. The number of nitrogens with one attached hydrogen (secondary N) is 2. The standard InChI is InChI=1S/C34H53N7O3/c1-5-28-23(2)6-12-29(32(35)43)34(38-33(28)36-24-7-10-27(42)11-8-24)37-25-9-13-31(44-4)30(22-25)41-16-14-26(15-17-41)40-20-18-39(3)19-21-40/h9,13,22,24,26-27,37,42H,5-8,10-12,14-21H2,1-4H3,(H2,35,43)(H,36,38)/b28-23+,34-29+. The Morgan fingerprint density at radius 1 is 1.07 bits per heavy atom. The number of amidine groups is 1. The quantitative estimate of drug-likeness (QED) is 0.352. The number of likely N-dealkylation sites (N-methyl/N-ethyl adjacent to an activating group) is 1. The number of benzene rings is 1. The van der Waals surface area contributed by atoms with Crippen molar-refractivity contribution in [2.24, 2.45) is 10.7 Å². The fraction of sp³-hybridized carbons (Fsp3) is 0.647. The fourth-order valence-electron chi connectivity index (χ4n) is 7.18. The molecule has 44 heavy (non-hydrogen) atoms. The van der Waals surface area contributed by atoms with Crippen LogP contribution in [-0.2, 0) is 4.79 Å². The molecular formula is C34H53N7O3. The Hall–Kier alpha value is -3.08. The number of allylic oxidation sites excluding steroid dienone is 1. The number of hydrogen-bond donors (Lipinski definition) is 4. The number of piperidine rings is 1. The number of amides is 1. The first-order valence-electron chi connectivity index (χ1n) is 16.6. The van der Waals surface area contributed by atoms with Crippen LogP contribution in [0.2, 0.25) is 0 Å². The number of hydrogen-bond acceptors (Lipinski definition) is 8. The minimum atomic E-state index is -0.437. The fourth-order valence-corrected chi connectivity index (χ4v) is 7.18. The van der Waals surface area contributed by atoms with Gasteiger partial charge in [-0.1, -0.05) is 12.5 Å². The van der Waals surface area contributed by atoms with Gasteiger partial charge >= 0.3 is 0 Å². The second kappa shape index (κ2) is 14.8. The summed E-state index contributed by atoms with van der Waals surface area (Å²) >= 11 is 0. The van der Waals surface area contributed by atoms with Gasteiger partial charge in [-0.3, -0.25) is 14.7 Å². The van der Waals surface area contributed by atoms with Crippen molar-refractivity contribution in [2.45, 2.75) is 89.8 Å². The van der Waals surface area contributed by atoms with Crippen LogP contribution in [0.25, 0.3) is 0 Å². The van der Waals surface area contributed by atoms with Gasteiger partial charge in [-0.2, -0.15) is 0 Å². The Bertz CT molecular complexity index is 1250. The summed E-state index contributed by atoms with van der Waals surface area (Å²) < 4.78 is 5.81. The van der Waals surface area contributed by atoms with E-state index < -0.39 is 5.91 Å². The van der Waals surface area contributed by atoms with E-state index in [1.807, 2.05) is 12.1 Å². The van der Waals surface area contributed by atoms with E-state index in [1.165, 1.54) is 11.1 Å². The highest BCUT2D eigenvalue weighted by Gasteiger charge is 2.29. The lowest BCUT2D eigenvalue weighted by Gasteiger charge is -2.42. The summed E-state index contributed by atoms with van der Waals surface area (Å²) in [5.41, 5.74) is 10.8. The highest BCUT2D eigenvalue weighted by molar-refractivity contribution is 6.02. The number of primary amides is 1. The van der Waals surface area contributed by atoms with Gasteiger partial charge in [-0.25, -0.2) is 0 Å². The Morgan fingerprint density at radius 3 is 2.41 bits per heavy atom. The zero-order chi connectivity index (χ0) is 31.2. The predicted molar refractivity (Wildman–Crippen MR) is 178 cm³/mol. The molecule has 0 unspecified atom stereocenters. The minimum Gasteiger partial charge on any atom is -0.495 e. The van der Waals surface area contributed by atoms with Gasteiger partial charge in [0, 0.05) is 51.0 Å². The van der Waals surface area contributed by atoms with Crippen LogP contribution in [0.1, 0.15) is 71.6 Å². The van der Waals surface area contributed by atoms with E-state index >= 15 is 0 Å². The maximum atomic E-state index is 12.8. The SMILES string of the molecule is CC/C1=C(/C)CC/C(C(N)=O)=C(/Nc2ccc(OC)c(N3CCC(N4CCN(C)CC4)CC3)c2)NC1=NC1CCC(O)CC1. The maximum Gasteiger partial charge on any atom is 0.248 e. The van der Waals surface area contributed by atoms with Gasteiger partial charge in [-0.05, 0) is 95.5 Å². The van der Waals surface area contributed by atoms with Crippen LogP contribution >= 0.6 is 0 Å². The Morgan fingerprint density at radius 2 is 1.77 bits per heavy atom. The Balaban J connectivity index is 1.37. The number of nitrogens with two attached hydrogens (primary N) is 1. The second-order valence-corrected chi connectivity index (χ2v) is 13.0. The third-order valence-corrected chi connectivity index (χ3v) is 10.0. The third kappa shape index (κ3) is 7.76. The monoisotopic (exact) mass is 607 g/mol. The third-order valence-electron chi connectivity index (χ3n) is 10.0. The number of piperazine rings is 1. The Labute approximate surface area is 263 Å². The molecule has 1 aliphatic carbocycles. The number of methoxy groups -OCH3 is 1. The van der Waals surface area contributed by atoms with Crippen LogP contribution in [-0.4, -0.2) is 98.3 Å². The number of nitrogens with zero attached hydrogens (tertiary/aromatic N) is 4. The van der Waals surface area contributed by atoms with Gasteiger partial charge in [-0.15, -0.1) is 0 Å². The molecule has 0 radical (unpaired) electrons. The number of carbonyl (C=O) groups is 1. The first kappa shape index (κ1) is 32.3. The highest BCUT2D eigenvalue weighted by atomic mass is 16.5. The molecule has 5 N–H and O–H groups in total. The highest BCUT2D eigenvalue weighted by Crippen LogP contribution is 2.35. The molecule has 4 aliphatic rings. The van der Waals surface area contributed by atoms with Gasteiger partial charge in [0.05, 0.1) is 30.5 Å². The van der Waals surface area contributed by atoms with E-state index in [0.29, 0.717) is 23.9 Å². The summed E-state index contributed by atoms with van der Waals surface area (Å²) in [6, 6.07) is 6.88. The molecule has 10 heteroatoms. The van der Waals surface area contributed by atoms with E-state index in [4.69, 9.17) is 15.5 Å². The number of aliphatic imine (C=N–C) groups is 1. The van der Waals surface area contributed by atoms with Crippen LogP contribution in [0.15, 0.2) is 45.7 Å². The number of aliphatic hydroxyl groups is 1. The average molecular weight is 608 g/mol. The van der Waals surface area contributed by atoms with E-state index in [-0.39, 0.29) is 12.1 Å². The number of rotatable bonds is 8. The normalized spacial score (nSPS) is 29.2. The number of aliphatic hydroxyl groups excluding tert-OH is 1. The van der Waals surface area contributed by atoms with E-state index in [2.05, 4.69) is 52.3 Å². The van der Waals surface area contributed by atoms with Crippen molar-refractivity contribution in [3.63, 3.8) is 0 Å². The summed E-state index contributed by atoms with van der Waals surface area (Å²) in [6.45, 7) is 10.8. The van der Waals surface area contributed by atoms with Gasteiger partial charge in [0.15, 0.2) is 0 Å². The molecule has 0 aromatic heterocycles. The van der Waals surface area contributed by atoms with Crippen LogP contribution in [0, 0.1) is 0 Å². The number of ether oxygens (including phenoxy) is 1. The van der Waals surface area contributed by atoms with Gasteiger partial charge < -0.3 is 36.0 Å². The predicted octanol–water partition coefficient (Wildman–Crippen LogP) is 3.83. The second-order valence-electron chi connectivity index (χ2n) is 13.0. The molecule has 1 aromatic rings. The molecule has 0 atom stereocenters. The number of anilines is 2. The molecule has 10 nitrogen and oxygen atoms in total. The molecule has 3 aliphatic heterocycles. The molecule has 3 fully saturated rings. The molecule has 2 saturated heterocycles. The van der Waals surface area contributed by atoms with Crippen molar-refractivity contribution in [1.29, 1.82) is 0 Å². The van der Waals surface area contributed by atoms with Crippen molar-refractivity contribution in [3.05, 3.63) is 40.7 Å². The summed E-state index contributed by atoms with van der Waals surface area (Å²) in [5.74, 6) is 1.80. The molecule has 0 spiro atoms. The lowest BCUT2D eigenvalue weighted by atomic mass is 9.92. The molecule has 5 rings (SSSR count). The van der Waals surface area contributed by atoms with Gasteiger partial charge in [0.2, 0.25) is 5.91 Å². The molecule has 1 saturated carbocycles. The topological polar surface area (TPSA) is 119 Å². The van der Waals surface area contributed by atoms with E-state index in [0.717, 1.165) is 114 Å². The Kier molecular flexibility index (Phi) is 10.9. The van der Waals surface area contributed by atoms with Crippen LogP contribution in [0.3, 0.4) is 0 Å². The molecule has 1 aromatic carbocycles. The summed E-state index contributed by atoms with van der Waals surface area (Å²) in [5, 5.41) is 17.1. The van der Waals surface area contributed by atoms with Gasteiger partial charge in [0.25, 0.3) is 0 Å². The zero-order valence-electron chi connectivity index (χ0n) is 27.2. The maximum absolute atomic E-state index is 12.8. The van der Waals surface area contributed by atoms with Crippen molar-refractivity contribution in [3.8, 4) is 5.75 Å². The average Bonchev–Trinajstić information content (AvgIpc) is 3.02. The van der Waals surface area contributed by atoms with Crippen LogP contribution in [0.5, 0.6) is 5.75 Å². The number of carbonyl (C=O) groups excluding carboxylic acids is 1. The van der Waals surface area contributed by atoms with Crippen molar-refractivity contribution in [2.75, 3.05) is 63.6 Å². The summed E-state index contributed by atoms with van der Waals surface area (Å²) in [4.78, 5) is 25.4. The van der Waals surface area contributed by atoms with Crippen molar-refractivity contribution >= 4 is 23.1 Å². The largest absolute Gasteiger partial charge is 0.495 e. The van der Waals surface area contributed by atoms with E-state index in [9.17, 15) is 9.90 Å².